The van der Waals surface area contributed by atoms with Gasteiger partial charge in [0.1, 0.15) is 16.8 Å². The van der Waals surface area contributed by atoms with E-state index in [-0.39, 0.29) is 55.1 Å². The van der Waals surface area contributed by atoms with Gasteiger partial charge in [0.2, 0.25) is 21.9 Å². The van der Waals surface area contributed by atoms with Crippen LogP contribution in [0.4, 0.5) is 14.6 Å². The number of pyridine rings is 1. The lowest BCUT2D eigenvalue weighted by Crippen LogP contribution is -2.51. The fourth-order valence-electron chi connectivity index (χ4n) is 5.56. The van der Waals surface area contributed by atoms with Crippen LogP contribution in [0.3, 0.4) is 0 Å². The molecule has 2 aliphatic heterocycles. The molecule has 0 radical (unpaired) electrons. The van der Waals surface area contributed by atoms with Gasteiger partial charge in [-0.25, -0.2) is 22.2 Å². The van der Waals surface area contributed by atoms with Crippen LogP contribution in [-0.4, -0.2) is 72.7 Å². The number of hydrogen-bond acceptors (Lipinski definition) is 5. The highest BCUT2D eigenvalue weighted by molar-refractivity contribution is 7.89. The number of carbonyl (C=O) groups is 1. The summed E-state index contributed by atoms with van der Waals surface area (Å²) in [7, 11) is -2.36. The number of halogens is 2. The number of hydrogen-bond donors (Lipinski definition) is 0. The predicted octanol–water partition coefficient (Wildman–Crippen LogP) is 3.81. The largest absolute Gasteiger partial charge is 0.353 e. The third-order valence-corrected chi connectivity index (χ3v) is 9.98. The van der Waals surface area contributed by atoms with Gasteiger partial charge in [0.25, 0.3) is 0 Å². The van der Waals surface area contributed by atoms with Crippen LogP contribution in [0.5, 0.6) is 0 Å². The molecule has 4 rings (SSSR count). The van der Waals surface area contributed by atoms with E-state index in [2.05, 4.69) is 23.7 Å². The first kappa shape index (κ1) is 25.3. The molecule has 2 unspecified atom stereocenters. The quantitative estimate of drug-likeness (QED) is 0.617. The van der Waals surface area contributed by atoms with Crippen molar-refractivity contribution in [2.45, 2.75) is 94.7 Å². The number of sulfonamides is 1. The normalized spacial score (nSPS) is 28.4. The molecule has 0 N–H and O–H groups in total. The fraction of sp³-hybridized carbons (Fsp3) is 0.750. The zero-order chi connectivity index (χ0) is 24.8. The molecule has 3 fully saturated rings. The number of aryl methyl sites for hydroxylation is 1. The summed E-state index contributed by atoms with van der Waals surface area (Å²) in [6, 6.07) is 2.36. The average Bonchev–Trinajstić information content (AvgIpc) is 3.40. The predicted molar refractivity (Wildman–Crippen MR) is 126 cm³/mol. The highest BCUT2D eigenvalue weighted by atomic mass is 32.2. The van der Waals surface area contributed by atoms with Crippen LogP contribution in [0, 0.1) is 12.8 Å². The summed E-state index contributed by atoms with van der Waals surface area (Å²) in [5, 5.41) is 0. The Kier molecular flexibility index (Phi) is 6.94. The Bertz CT molecular complexity index is 1030. The molecule has 1 aromatic rings. The Hall–Kier alpha value is -1.81. The van der Waals surface area contributed by atoms with E-state index >= 15 is 0 Å². The van der Waals surface area contributed by atoms with Crippen LogP contribution in [0.15, 0.2) is 17.0 Å². The molecular formula is C24H36F2N4O3S. The van der Waals surface area contributed by atoms with E-state index in [1.54, 1.807) is 19.2 Å². The molecule has 190 valence electrons. The minimum Gasteiger partial charge on any atom is -0.353 e. The monoisotopic (exact) mass is 498 g/mol. The highest BCUT2D eigenvalue weighted by Crippen LogP contribution is 2.38. The standard InChI is InChI=1S/C24H36F2N4O3S/c1-16-11-15-29(18(16)3)22-21(8-7-17(2)27-22)34(32,33)30-14-5-6-20(30)23(31)28(4)19-9-12-24(25,26)13-10-19/h7-8,16,18-20H,5-6,9-15H2,1-4H3/t16?,18?,20-/m0/s1. The molecule has 3 atom stereocenters. The number of anilines is 1. The summed E-state index contributed by atoms with van der Waals surface area (Å²) in [5.74, 6) is -2.10. The van der Waals surface area contributed by atoms with Crippen LogP contribution in [0.2, 0.25) is 0 Å². The van der Waals surface area contributed by atoms with E-state index in [9.17, 15) is 22.0 Å². The first-order valence-corrected chi connectivity index (χ1v) is 13.8. The molecule has 3 heterocycles. The van der Waals surface area contributed by atoms with Crippen molar-refractivity contribution in [2.75, 3.05) is 25.0 Å². The van der Waals surface area contributed by atoms with Gasteiger partial charge in [0.05, 0.1) is 0 Å². The number of aromatic nitrogens is 1. The van der Waals surface area contributed by atoms with Crippen molar-refractivity contribution in [3.8, 4) is 0 Å². The molecule has 2 saturated heterocycles. The first-order valence-electron chi connectivity index (χ1n) is 12.3. The van der Waals surface area contributed by atoms with E-state index in [4.69, 9.17) is 0 Å². The Balaban J connectivity index is 1.60. The van der Waals surface area contributed by atoms with Gasteiger partial charge in [-0.2, -0.15) is 4.31 Å². The van der Waals surface area contributed by atoms with Gasteiger partial charge in [-0.1, -0.05) is 6.92 Å². The molecule has 1 amide bonds. The SMILES string of the molecule is Cc1ccc(S(=O)(=O)N2CCC[C@H]2C(=O)N(C)C2CCC(F)(F)CC2)c(N2CCC(C)C2C)n1. The molecule has 1 saturated carbocycles. The third kappa shape index (κ3) is 4.67. The summed E-state index contributed by atoms with van der Waals surface area (Å²) in [6.45, 7) is 7.08. The van der Waals surface area contributed by atoms with Crippen LogP contribution in [0.25, 0.3) is 0 Å². The first-order chi connectivity index (χ1) is 15.9. The van der Waals surface area contributed by atoms with E-state index in [0.717, 1.165) is 18.7 Å². The maximum Gasteiger partial charge on any atom is 0.248 e. The Morgan fingerprint density at radius 2 is 1.79 bits per heavy atom. The molecule has 0 bridgehead atoms. The average molecular weight is 499 g/mol. The lowest BCUT2D eigenvalue weighted by molar-refractivity contribution is -0.138. The van der Waals surface area contributed by atoms with Gasteiger partial charge in [-0.15, -0.1) is 0 Å². The van der Waals surface area contributed by atoms with Crippen LogP contribution >= 0.6 is 0 Å². The van der Waals surface area contributed by atoms with Crippen molar-refractivity contribution in [1.82, 2.24) is 14.2 Å². The highest BCUT2D eigenvalue weighted by Gasteiger charge is 2.45. The van der Waals surface area contributed by atoms with Crippen molar-refractivity contribution >= 4 is 21.7 Å². The van der Waals surface area contributed by atoms with Gasteiger partial charge < -0.3 is 9.80 Å². The Labute approximate surface area is 201 Å². The number of carbonyl (C=O) groups excluding carboxylic acids is 1. The molecule has 1 aliphatic carbocycles. The molecule has 1 aromatic heterocycles. The van der Waals surface area contributed by atoms with Crippen LogP contribution < -0.4 is 4.90 Å². The molecule has 10 heteroatoms. The number of rotatable bonds is 5. The van der Waals surface area contributed by atoms with Crippen molar-refractivity contribution in [2.24, 2.45) is 5.92 Å². The van der Waals surface area contributed by atoms with Crippen molar-refractivity contribution in [1.29, 1.82) is 0 Å². The van der Waals surface area contributed by atoms with Crippen LogP contribution in [0.1, 0.15) is 64.5 Å². The van der Waals surface area contributed by atoms with E-state index in [1.807, 2.05) is 6.92 Å². The molecule has 34 heavy (non-hydrogen) atoms. The number of likely N-dealkylation sites (N-methyl/N-ethyl adjacent to an activating group) is 1. The minimum absolute atomic E-state index is 0.138. The van der Waals surface area contributed by atoms with E-state index < -0.39 is 22.0 Å². The van der Waals surface area contributed by atoms with Crippen molar-refractivity contribution in [3.05, 3.63) is 17.8 Å². The van der Waals surface area contributed by atoms with Crippen molar-refractivity contribution in [3.63, 3.8) is 0 Å². The maximum absolute atomic E-state index is 13.9. The summed E-state index contributed by atoms with van der Waals surface area (Å²) >= 11 is 0. The van der Waals surface area contributed by atoms with Gasteiger partial charge in [-0.3, -0.25) is 4.79 Å². The van der Waals surface area contributed by atoms with Gasteiger partial charge in [0, 0.05) is 50.8 Å². The smallest absolute Gasteiger partial charge is 0.248 e. The van der Waals surface area contributed by atoms with Crippen molar-refractivity contribution < 1.29 is 22.0 Å². The van der Waals surface area contributed by atoms with Crippen LogP contribution in [-0.2, 0) is 14.8 Å². The number of nitrogens with zero attached hydrogens (tertiary/aromatic N) is 4. The van der Waals surface area contributed by atoms with E-state index in [1.165, 1.54) is 9.21 Å². The minimum atomic E-state index is -3.98. The molecule has 0 aromatic carbocycles. The number of alkyl halides is 2. The van der Waals surface area contributed by atoms with Gasteiger partial charge >= 0.3 is 0 Å². The number of amides is 1. The fourth-order valence-corrected chi connectivity index (χ4v) is 7.35. The van der Waals surface area contributed by atoms with Gasteiger partial charge in [-0.05, 0) is 64.0 Å². The zero-order valence-electron chi connectivity index (χ0n) is 20.5. The lowest BCUT2D eigenvalue weighted by Gasteiger charge is -2.37. The Morgan fingerprint density at radius 3 is 2.41 bits per heavy atom. The third-order valence-electron chi connectivity index (χ3n) is 8.05. The summed E-state index contributed by atoms with van der Waals surface area (Å²) in [6.07, 6.45) is 1.94. The second-order valence-electron chi connectivity index (χ2n) is 10.3. The Morgan fingerprint density at radius 1 is 1.12 bits per heavy atom. The molecule has 3 aliphatic rings. The molecular weight excluding hydrogens is 462 g/mol. The van der Waals surface area contributed by atoms with E-state index in [0.29, 0.717) is 24.6 Å². The zero-order valence-corrected chi connectivity index (χ0v) is 21.3. The molecule has 7 nitrogen and oxygen atoms in total. The topological polar surface area (TPSA) is 73.8 Å². The second-order valence-corrected chi connectivity index (χ2v) is 12.1. The summed E-state index contributed by atoms with van der Waals surface area (Å²) < 4.78 is 56.3. The lowest BCUT2D eigenvalue weighted by atomic mass is 9.91. The molecule has 0 spiro atoms. The van der Waals surface area contributed by atoms with Gasteiger partial charge in [0.15, 0.2) is 0 Å². The summed E-state index contributed by atoms with van der Waals surface area (Å²) in [4.78, 5) is 21.7. The second kappa shape index (κ2) is 9.33. The summed E-state index contributed by atoms with van der Waals surface area (Å²) in [5.41, 5.74) is 0.739. The maximum atomic E-state index is 13.9.